The number of carbonyl (C=O) groups excluding carboxylic acids is 1. The van der Waals surface area contributed by atoms with Gasteiger partial charge < -0.3 is 14.6 Å². The Morgan fingerprint density at radius 1 is 1.25 bits per heavy atom. The van der Waals surface area contributed by atoms with Crippen LogP contribution in [0.3, 0.4) is 0 Å². The number of hydrogen-bond acceptors (Lipinski definition) is 3. The summed E-state index contributed by atoms with van der Waals surface area (Å²) in [6, 6.07) is 8.40. The number of anilines is 1. The summed E-state index contributed by atoms with van der Waals surface area (Å²) in [5.41, 5.74) is 1.67. The lowest BCUT2D eigenvalue weighted by molar-refractivity contribution is 0.102. The van der Waals surface area contributed by atoms with Gasteiger partial charge in [0.15, 0.2) is 0 Å². The molecule has 0 bridgehead atoms. The molecule has 0 atom stereocenters. The van der Waals surface area contributed by atoms with Crippen molar-refractivity contribution in [2.24, 2.45) is 7.05 Å². The van der Waals surface area contributed by atoms with E-state index in [1.54, 1.807) is 32.5 Å². The van der Waals surface area contributed by atoms with E-state index in [-0.39, 0.29) is 11.5 Å². The van der Waals surface area contributed by atoms with Crippen LogP contribution in [0.1, 0.15) is 15.9 Å². The maximum absolute atomic E-state index is 12.1. The van der Waals surface area contributed by atoms with Gasteiger partial charge in [0.25, 0.3) is 11.5 Å². The Morgan fingerprint density at radius 2 is 2.00 bits per heavy atom. The molecular weight excluding hydrogens is 256 g/mol. The molecule has 0 saturated heterocycles. The molecular formula is C15H16N2O3. The monoisotopic (exact) mass is 272 g/mol. The highest BCUT2D eigenvalue weighted by Crippen LogP contribution is 2.25. The predicted octanol–water partition coefficient (Wildman–Crippen LogP) is 1.95. The number of aromatic nitrogens is 1. The van der Waals surface area contributed by atoms with Crippen LogP contribution >= 0.6 is 0 Å². The summed E-state index contributed by atoms with van der Waals surface area (Å²) in [6.07, 6.45) is 1.56. The minimum absolute atomic E-state index is 0.228. The normalized spacial score (nSPS) is 10.2. The zero-order valence-corrected chi connectivity index (χ0v) is 11.6. The molecule has 0 fully saturated rings. The smallest absolute Gasteiger partial charge is 0.256 e. The number of ether oxygens (including phenoxy) is 1. The number of methoxy groups -OCH3 is 1. The third-order valence-electron chi connectivity index (χ3n) is 2.97. The largest absolute Gasteiger partial charge is 0.495 e. The van der Waals surface area contributed by atoms with Crippen molar-refractivity contribution in [1.29, 1.82) is 0 Å². The number of hydrogen-bond donors (Lipinski definition) is 1. The quantitative estimate of drug-likeness (QED) is 0.929. The lowest BCUT2D eigenvalue weighted by atomic mass is 10.2. The van der Waals surface area contributed by atoms with Crippen LogP contribution in [-0.2, 0) is 7.05 Å². The van der Waals surface area contributed by atoms with Gasteiger partial charge in [-0.1, -0.05) is 6.07 Å². The molecule has 0 spiro atoms. The Kier molecular flexibility index (Phi) is 3.89. The highest BCUT2D eigenvalue weighted by molar-refractivity contribution is 6.04. The summed E-state index contributed by atoms with van der Waals surface area (Å²) >= 11 is 0. The van der Waals surface area contributed by atoms with Crippen molar-refractivity contribution in [2.75, 3.05) is 12.4 Å². The topological polar surface area (TPSA) is 60.3 Å². The summed E-state index contributed by atoms with van der Waals surface area (Å²) in [6.45, 7) is 1.92. The molecule has 0 aliphatic heterocycles. The SMILES string of the molecule is COc1ccc(C)cc1NC(=O)c1ccn(C)c(=O)c1. The fourth-order valence-electron chi connectivity index (χ4n) is 1.80. The molecule has 5 heteroatoms. The van der Waals surface area contributed by atoms with Crippen molar-refractivity contribution in [3.63, 3.8) is 0 Å². The van der Waals surface area contributed by atoms with Crippen molar-refractivity contribution in [3.8, 4) is 5.75 Å². The Labute approximate surface area is 116 Å². The van der Waals surface area contributed by atoms with Crippen LogP contribution < -0.4 is 15.6 Å². The molecule has 0 radical (unpaired) electrons. The van der Waals surface area contributed by atoms with Crippen LogP contribution in [0.2, 0.25) is 0 Å². The molecule has 104 valence electrons. The molecule has 0 unspecified atom stereocenters. The Balaban J connectivity index is 2.29. The van der Waals surface area contributed by atoms with Gasteiger partial charge in [-0.15, -0.1) is 0 Å². The summed E-state index contributed by atoms with van der Waals surface area (Å²) in [4.78, 5) is 23.7. The molecule has 1 N–H and O–H groups in total. The maximum atomic E-state index is 12.1. The summed E-state index contributed by atoms with van der Waals surface area (Å²) in [5, 5.41) is 2.75. The zero-order valence-electron chi connectivity index (χ0n) is 11.6. The Bertz CT molecular complexity index is 705. The molecule has 0 aliphatic rings. The van der Waals surface area contributed by atoms with Gasteiger partial charge in [0.2, 0.25) is 0 Å². The standard InChI is InChI=1S/C15H16N2O3/c1-10-4-5-13(20-3)12(8-10)16-15(19)11-6-7-17(2)14(18)9-11/h4-9H,1-3H3,(H,16,19). The highest BCUT2D eigenvalue weighted by Gasteiger charge is 2.10. The number of nitrogens with zero attached hydrogens (tertiary/aromatic N) is 1. The van der Waals surface area contributed by atoms with E-state index in [1.165, 1.54) is 10.6 Å². The number of carbonyl (C=O) groups is 1. The minimum atomic E-state index is -0.341. The second kappa shape index (κ2) is 5.61. The summed E-state index contributed by atoms with van der Waals surface area (Å²) in [5.74, 6) is 0.236. The van der Waals surface area contributed by atoms with Crippen molar-refractivity contribution >= 4 is 11.6 Å². The van der Waals surface area contributed by atoms with E-state index in [2.05, 4.69) is 5.32 Å². The number of rotatable bonds is 3. The molecule has 0 aliphatic carbocycles. The fraction of sp³-hybridized carbons (Fsp3) is 0.200. The first kappa shape index (κ1) is 13.9. The van der Waals surface area contributed by atoms with Crippen molar-refractivity contribution in [2.45, 2.75) is 6.92 Å². The molecule has 2 rings (SSSR count). The molecule has 1 heterocycles. The van der Waals surface area contributed by atoms with E-state index in [4.69, 9.17) is 4.74 Å². The second-order valence-corrected chi connectivity index (χ2v) is 4.52. The van der Waals surface area contributed by atoms with Gasteiger partial charge in [-0.25, -0.2) is 0 Å². The van der Waals surface area contributed by atoms with Crippen molar-refractivity contribution < 1.29 is 9.53 Å². The van der Waals surface area contributed by atoms with E-state index < -0.39 is 0 Å². The van der Waals surface area contributed by atoms with Gasteiger partial charge in [0.05, 0.1) is 12.8 Å². The van der Waals surface area contributed by atoms with Crippen LogP contribution in [0.4, 0.5) is 5.69 Å². The van der Waals surface area contributed by atoms with E-state index in [0.29, 0.717) is 17.0 Å². The van der Waals surface area contributed by atoms with Gasteiger partial charge >= 0.3 is 0 Å². The summed E-state index contributed by atoms with van der Waals surface area (Å²) in [7, 11) is 3.17. The number of amides is 1. The Hall–Kier alpha value is -2.56. The first-order valence-corrected chi connectivity index (χ1v) is 6.14. The third kappa shape index (κ3) is 2.88. The van der Waals surface area contributed by atoms with Crippen molar-refractivity contribution in [1.82, 2.24) is 4.57 Å². The first-order chi connectivity index (χ1) is 9.51. The number of nitrogens with one attached hydrogen (secondary N) is 1. The number of benzene rings is 1. The van der Waals surface area contributed by atoms with E-state index in [9.17, 15) is 9.59 Å². The van der Waals surface area contributed by atoms with Crippen LogP contribution in [0.15, 0.2) is 41.3 Å². The molecule has 1 aromatic heterocycles. The van der Waals surface area contributed by atoms with Crippen LogP contribution in [-0.4, -0.2) is 17.6 Å². The molecule has 2 aromatic rings. The van der Waals surface area contributed by atoms with Crippen LogP contribution in [0.25, 0.3) is 0 Å². The third-order valence-corrected chi connectivity index (χ3v) is 2.97. The average Bonchev–Trinajstić information content (AvgIpc) is 2.42. The summed E-state index contributed by atoms with van der Waals surface area (Å²) < 4.78 is 6.61. The molecule has 20 heavy (non-hydrogen) atoms. The predicted molar refractivity (Wildman–Crippen MR) is 77.4 cm³/mol. The molecule has 1 amide bonds. The first-order valence-electron chi connectivity index (χ1n) is 6.14. The van der Waals surface area contributed by atoms with Gasteiger partial charge in [-0.05, 0) is 30.7 Å². The maximum Gasteiger partial charge on any atom is 0.256 e. The van der Waals surface area contributed by atoms with Crippen molar-refractivity contribution in [3.05, 3.63) is 58.0 Å². The van der Waals surface area contributed by atoms with Gasteiger partial charge in [-0.3, -0.25) is 9.59 Å². The molecule has 0 saturated carbocycles. The van der Waals surface area contributed by atoms with E-state index in [1.807, 2.05) is 19.1 Å². The number of aryl methyl sites for hydroxylation is 2. The fourth-order valence-corrected chi connectivity index (χ4v) is 1.80. The lowest BCUT2D eigenvalue weighted by Gasteiger charge is -2.11. The lowest BCUT2D eigenvalue weighted by Crippen LogP contribution is -2.20. The van der Waals surface area contributed by atoms with E-state index >= 15 is 0 Å². The van der Waals surface area contributed by atoms with Crippen LogP contribution in [0, 0.1) is 6.92 Å². The van der Waals surface area contributed by atoms with Gasteiger partial charge in [0.1, 0.15) is 5.75 Å². The zero-order chi connectivity index (χ0) is 14.7. The van der Waals surface area contributed by atoms with Gasteiger partial charge in [-0.2, -0.15) is 0 Å². The average molecular weight is 272 g/mol. The minimum Gasteiger partial charge on any atom is -0.495 e. The van der Waals surface area contributed by atoms with Gasteiger partial charge in [0, 0.05) is 24.9 Å². The number of pyridine rings is 1. The Morgan fingerprint density at radius 3 is 2.65 bits per heavy atom. The van der Waals surface area contributed by atoms with E-state index in [0.717, 1.165) is 5.56 Å². The second-order valence-electron chi connectivity index (χ2n) is 4.52. The highest BCUT2D eigenvalue weighted by atomic mass is 16.5. The molecule has 1 aromatic carbocycles. The van der Waals surface area contributed by atoms with Crippen LogP contribution in [0.5, 0.6) is 5.75 Å². The molecule has 5 nitrogen and oxygen atoms in total.